The highest BCUT2D eigenvalue weighted by Crippen LogP contribution is 2.32. The van der Waals surface area contributed by atoms with Crippen LogP contribution in [-0.4, -0.2) is 31.5 Å². The van der Waals surface area contributed by atoms with Crippen molar-refractivity contribution >= 4 is 29.5 Å². The first-order valence-electron chi connectivity index (χ1n) is 9.68. The highest BCUT2D eigenvalue weighted by molar-refractivity contribution is 7.99. The molecule has 0 radical (unpaired) electrons. The molecule has 9 heteroatoms. The lowest BCUT2D eigenvalue weighted by Gasteiger charge is -2.11. The van der Waals surface area contributed by atoms with Gasteiger partial charge in [0.05, 0.1) is 18.2 Å². The Hall–Kier alpha value is -4.29. The lowest BCUT2D eigenvalue weighted by atomic mass is 10.2. The Morgan fingerprint density at radius 3 is 2.27 bits per heavy atom. The zero-order valence-electron chi connectivity index (χ0n) is 17.5. The fraction of sp³-hybridized carbons (Fsp3) is 0.0833. The number of methoxy groups -OCH3 is 1. The van der Waals surface area contributed by atoms with Crippen molar-refractivity contribution in [1.82, 2.24) is 10.9 Å². The molecule has 166 valence electrons. The van der Waals surface area contributed by atoms with Crippen LogP contribution in [0.15, 0.2) is 82.6 Å². The molecule has 0 aliphatic rings. The van der Waals surface area contributed by atoms with Crippen molar-refractivity contribution in [1.29, 1.82) is 5.26 Å². The second kappa shape index (κ2) is 11.4. The first-order chi connectivity index (χ1) is 16.0. The number of carbonyl (C=O) groups is 3. The van der Waals surface area contributed by atoms with E-state index in [1.165, 1.54) is 18.9 Å². The summed E-state index contributed by atoms with van der Waals surface area (Å²) in [6.07, 6.45) is 0. The van der Waals surface area contributed by atoms with E-state index in [0.29, 0.717) is 26.7 Å². The topological polar surface area (TPSA) is 118 Å². The van der Waals surface area contributed by atoms with Gasteiger partial charge in [-0.15, -0.1) is 0 Å². The zero-order chi connectivity index (χ0) is 23.6. The standard InChI is InChI=1S/C24H19N3O5S/c1-31-18-12-10-16(11-13-18)23(29)27-26-22(28)15-32-24(30)19-7-3-5-9-21(19)33-20-8-4-2-6-17(20)14-25/h2-13H,15H2,1H3,(H,26,28)(H,27,29). The van der Waals surface area contributed by atoms with Crippen molar-refractivity contribution in [3.8, 4) is 11.8 Å². The number of nitrogens with zero attached hydrogens (tertiary/aromatic N) is 1. The van der Waals surface area contributed by atoms with Gasteiger partial charge in [-0.05, 0) is 48.5 Å². The van der Waals surface area contributed by atoms with Gasteiger partial charge in [0.2, 0.25) is 0 Å². The smallest absolute Gasteiger partial charge is 0.339 e. The summed E-state index contributed by atoms with van der Waals surface area (Å²) in [6, 6.07) is 22.2. The van der Waals surface area contributed by atoms with E-state index in [9.17, 15) is 19.6 Å². The van der Waals surface area contributed by atoms with Crippen LogP contribution in [0.2, 0.25) is 0 Å². The molecule has 0 bridgehead atoms. The normalized spacial score (nSPS) is 9.94. The molecule has 33 heavy (non-hydrogen) atoms. The van der Waals surface area contributed by atoms with Gasteiger partial charge in [-0.25, -0.2) is 4.79 Å². The molecular formula is C24H19N3O5S. The average Bonchev–Trinajstić information content (AvgIpc) is 2.86. The summed E-state index contributed by atoms with van der Waals surface area (Å²) in [6.45, 7) is -0.588. The molecule has 0 saturated carbocycles. The highest BCUT2D eigenvalue weighted by Gasteiger charge is 2.16. The summed E-state index contributed by atoms with van der Waals surface area (Å²) in [7, 11) is 1.51. The van der Waals surface area contributed by atoms with Gasteiger partial charge in [-0.2, -0.15) is 5.26 Å². The van der Waals surface area contributed by atoms with Crippen LogP contribution in [0, 0.1) is 11.3 Å². The highest BCUT2D eigenvalue weighted by atomic mass is 32.2. The minimum atomic E-state index is -0.704. The second-order valence-electron chi connectivity index (χ2n) is 6.51. The number of hydrogen-bond donors (Lipinski definition) is 2. The third-order valence-electron chi connectivity index (χ3n) is 4.34. The first kappa shape index (κ1) is 23.4. The Bertz CT molecular complexity index is 1210. The van der Waals surface area contributed by atoms with Crippen molar-refractivity contribution in [3.63, 3.8) is 0 Å². The number of nitrogens with one attached hydrogen (secondary N) is 2. The molecule has 2 N–H and O–H groups in total. The SMILES string of the molecule is COc1ccc(C(=O)NNC(=O)COC(=O)c2ccccc2Sc2ccccc2C#N)cc1. The Kier molecular flexibility index (Phi) is 8.05. The van der Waals surface area contributed by atoms with Gasteiger partial charge in [0.25, 0.3) is 11.8 Å². The van der Waals surface area contributed by atoms with Gasteiger partial charge in [0.1, 0.15) is 11.8 Å². The number of ether oxygens (including phenoxy) is 2. The molecule has 3 rings (SSSR count). The van der Waals surface area contributed by atoms with Crippen molar-refractivity contribution in [2.45, 2.75) is 9.79 Å². The molecule has 3 aromatic rings. The number of hydrazine groups is 1. The van der Waals surface area contributed by atoms with E-state index in [0.717, 1.165) is 0 Å². The van der Waals surface area contributed by atoms with E-state index in [1.807, 2.05) is 0 Å². The second-order valence-corrected chi connectivity index (χ2v) is 7.60. The molecular weight excluding hydrogens is 442 g/mol. The number of carbonyl (C=O) groups excluding carboxylic acids is 3. The lowest BCUT2D eigenvalue weighted by Crippen LogP contribution is -2.43. The predicted molar refractivity (Wildman–Crippen MR) is 121 cm³/mol. The number of amides is 2. The maximum absolute atomic E-state index is 12.6. The monoisotopic (exact) mass is 461 g/mol. The van der Waals surface area contributed by atoms with Crippen LogP contribution in [0.3, 0.4) is 0 Å². The molecule has 8 nitrogen and oxygen atoms in total. The summed E-state index contributed by atoms with van der Waals surface area (Å²) in [4.78, 5) is 37.9. The molecule has 0 spiro atoms. The molecule has 0 heterocycles. The fourth-order valence-corrected chi connectivity index (χ4v) is 3.69. The van der Waals surface area contributed by atoms with Crippen molar-refractivity contribution in [2.75, 3.05) is 13.7 Å². The average molecular weight is 461 g/mol. The molecule has 2 amide bonds. The number of nitriles is 1. The molecule has 0 atom stereocenters. The predicted octanol–water partition coefficient (Wildman–Crippen LogP) is 3.34. The van der Waals surface area contributed by atoms with Crippen molar-refractivity contribution < 1.29 is 23.9 Å². The zero-order valence-corrected chi connectivity index (χ0v) is 18.3. The van der Waals surface area contributed by atoms with E-state index >= 15 is 0 Å². The van der Waals surface area contributed by atoms with Crippen LogP contribution in [0.1, 0.15) is 26.3 Å². The van der Waals surface area contributed by atoms with Gasteiger partial charge in [-0.1, -0.05) is 36.0 Å². The van der Waals surface area contributed by atoms with Crippen LogP contribution in [0.5, 0.6) is 5.75 Å². The van der Waals surface area contributed by atoms with Crippen LogP contribution in [-0.2, 0) is 9.53 Å². The number of hydrogen-bond acceptors (Lipinski definition) is 7. The maximum Gasteiger partial charge on any atom is 0.339 e. The van der Waals surface area contributed by atoms with Crippen molar-refractivity contribution in [2.24, 2.45) is 0 Å². The minimum Gasteiger partial charge on any atom is -0.497 e. The molecule has 3 aromatic carbocycles. The molecule has 0 fully saturated rings. The van der Waals surface area contributed by atoms with Gasteiger partial charge < -0.3 is 9.47 Å². The van der Waals surface area contributed by atoms with E-state index in [4.69, 9.17) is 9.47 Å². The summed E-state index contributed by atoms with van der Waals surface area (Å²) in [5, 5.41) is 9.27. The Morgan fingerprint density at radius 2 is 1.58 bits per heavy atom. The van der Waals surface area contributed by atoms with E-state index in [2.05, 4.69) is 16.9 Å². The number of benzene rings is 3. The quantitative estimate of drug-likeness (QED) is 0.409. The van der Waals surface area contributed by atoms with E-state index in [-0.39, 0.29) is 5.56 Å². The maximum atomic E-state index is 12.6. The third kappa shape index (κ3) is 6.35. The van der Waals surface area contributed by atoms with Gasteiger partial charge in [-0.3, -0.25) is 20.4 Å². The van der Waals surface area contributed by atoms with Crippen LogP contribution in [0.4, 0.5) is 0 Å². The van der Waals surface area contributed by atoms with Crippen LogP contribution < -0.4 is 15.6 Å². The molecule has 0 unspecified atom stereocenters. The molecule has 0 aliphatic carbocycles. The number of esters is 1. The Labute approximate surface area is 194 Å². The third-order valence-corrected chi connectivity index (χ3v) is 5.49. The van der Waals surface area contributed by atoms with E-state index in [1.54, 1.807) is 72.8 Å². The largest absolute Gasteiger partial charge is 0.497 e. The van der Waals surface area contributed by atoms with Crippen LogP contribution >= 0.6 is 11.8 Å². The summed E-state index contributed by atoms with van der Waals surface area (Å²) in [5.41, 5.74) is 5.50. The summed E-state index contributed by atoms with van der Waals surface area (Å²) >= 11 is 1.25. The molecule has 0 aromatic heterocycles. The van der Waals surface area contributed by atoms with Gasteiger partial charge in [0.15, 0.2) is 6.61 Å². The fourth-order valence-electron chi connectivity index (χ4n) is 2.68. The minimum absolute atomic E-state index is 0.255. The lowest BCUT2D eigenvalue weighted by molar-refractivity contribution is -0.125. The van der Waals surface area contributed by atoms with Gasteiger partial charge in [0, 0.05) is 15.4 Å². The van der Waals surface area contributed by atoms with Crippen LogP contribution in [0.25, 0.3) is 0 Å². The molecule has 0 saturated heterocycles. The molecule has 0 aliphatic heterocycles. The number of rotatable bonds is 7. The summed E-state index contributed by atoms with van der Waals surface area (Å²) in [5.74, 6) is -1.35. The van der Waals surface area contributed by atoms with E-state index < -0.39 is 24.4 Å². The van der Waals surface area contributed by atoms with Crippen molar-refractivity contribution in [3.05, 3.63) is 89.5 Å². The van der Waals surface area contributed by atoms with Gasteiger partial charge >= 0.3 is 5.97 Å². The first-order valence-corrected chi connectivity index (χ1v) is 10.5. The Morgan fingerprint density at radius 1 is 0.909 bits per heavy atom. The summed E-state index contributed by atoms with van der Waals surface area (Å²) < 4.78 is 10.1. The Balaban J connectivity index is 1.55.